The molecule has 12 heteroatoms. The number of carbonyl (C=O) groups is 2. The van der Waals surface area contributed by atoms with Crippen LogP contribution >= 0.6 is 23.1 Å². The molecule has 0 unspecified atom stereocenters. The molecule has 2 heterocycles. The molecule has 0 atom stereocenters. The van der Waals surface area contributed by atoms with Gasteiger partial charge >= 0.3 is 0 Å². The van der Waals surface area contributed by atoms with E-state index in [4.69, 9.17) is 0 Å². The monoisotopic (exact) mass is 509 g/mol. The molecule has 1 aliphatic heterocycles. The van der Waals surface area contributed by atoms with Crippen LogP contribution in [0.4, 0.5) is 5.13 Å². The van der Waals surface area contributed by atoms with Crippen molar-refractivity contribution in [1.82, 2.24) is 19.8 Å². The first kappa shape index (κ1) is 24.1. The summed E-state index contributed by atoms with van der Waals surface area (Å²) in [6.45, 7) is 1.06. The number of anilines is 1. The van der Waals surface area contributed by atoms with E-state index in [1.165, 1.54) is 51.7 Å². The van der Waals surface area contributed by atoms with Gasteiger partial charge in [-0.05, 0) is 49.9 Å². The third-order valence-corrected chi connectivity index (χ3v) is 9.63. The molecule has 4 rings (SSSR count). The minimum Gasteiger partial charge on any atom is -0.353 e. The molecule has 0 radical (unpaired) electrons. The second-order valence-electron chi connectivity index (χ2n) is 8.15. The van der Waals surface area contributed by atoms with E-state index in [-0.39, 0.29) is 22.6 Å². The van der Waals surface area contributed by atoms with Gasteiger partial charge in [0.05, 0.1) is 10.6 Å². The molecule has 9 nitrogen and oxygen atoms in total. The van der Waals surface area contributed by atoms with Gasteiger partial charge in [0, 0.05) is 24.7 Å². The van der Waals surface area contributed by atoms with E-state index < -0.39 is 15.9 Å². The number of benzene rings is 1. The lowest BCUT2D eigenvalue weighted by Crippen LogP contribution is -2.35. The van der Waals surface area contributed by atoms with Gasteiger partial charge in [-0.15, -0.1) is 10.2 Å². The fourth-order valence-corrected chi connectivity index (χ4v) is 7.06. The molecular formula is C21H27N5O4S3. The van der Waals surface area contributed by atoms with Crippen LogP contribution in [-0.4, -0.2) is 59.6 Å². The summed E-state index contributed by atoms with van der Waals surface area (Å²) >= 11 is 2.48. The maximum atomic E-state index is 12.7. The quantitative estimate of drug-likeness (QED) is 0.414. The Balaban J connectivity index is 1.29. The van der Waals surface area contributed by atoms with Gasteiger partial charge in [0.2, 0.25) is 21.1 Å². The van der Waals surface area contributed by atoms with Gasteiger partial charge in [0.15, 0.2) is 4.34 Å². The summed E-state index contributed by atoms with van der Waals surface area (Å²) in [6, 6.07) is 6.20. The van der Waals surface area contributed by atoms with Gasteiger partial charge in [0.25, 0.3) is 5.91 Å². The average Bonchev–Trinajstić information content (AvgIpc) is 3.50. The predicted octanol–water partition coefficient (Wildman–Crippen LogP) is 3.12. The second-order valence-corrected chi connectivity index (χ2v) is 12.3. The number of amides is 2. The van der Waals surface area contributed by atoms with Crippen LogP contribution in [0.1, 0.15) is 55.3 Å². The highest BCUT2D eigenvalue weighted by atomic mass is 32.2. The largest absolute Gasteiger partial charge is 0.353 e. The Morgan fingerprint density at radius 2 is 1.73 bits per heavy atom. The van der Waals surface area contributed by atoms with Crippen molar-refractivity contribution in [1.29, 1.82) is 0 Å². The Morgan fingerprint density at radius 1 is 1.03 bits per heavy atom. The third-order valence-electron chi connectivity index (χ3n) is 5.74. The smallest absolute Gasteiger partial charge is 0.257 e. The fraction of sp³-hybridized carbons (Fsp3) is 0.524. The highest BCUT2D eigenvalue weighted by Gasteiger charge is 2.26. The normalized spacial score (nSPS) is 17.7. The van der Waals surface area contributed by atoms with E-state index in [1.54, 1.807) is 0 Å². The van der Waals surface area contributed by atoms with Crippen molar-refractivity contribution >= 4 is 50.1 Å². The molecule has 1 saturated heterocycles. The van der Waals surface area contributed by atoms with Crippen molar-refractivity contribution in [2.75, 3.05) is 24.2 Å². The molecule has 1 saturated carbocycles. The zero-order valence-electron chi connectivity index (χ0n) is 18.2. The number of nitrogens with zero attached hydrogens (tertiary/aromatic N) is 3. The fourth-order valence-electron chi connectivity index (χ4n) is 3.99. The van der Waals surface area contributed by atoms with Gasteiger partial charge in [-0.1, -0.05) is 42.4 Å². The van der Waals surface area contributed by atoms with Crippen LogP contribution in [-0.2, 0) is 14.8 Å². The molecule has 178 valence electrons. The van der Waals surface area contributed by atoms with Crippen LogP contribution in [0.2, 0.25) is 0 Å². The number of hydrogen-bond donors (Lipinski definition) is 2. The summed E-state index contributed by atoms with van der Waals surface area (Å²) in [7, 11) is -3.54. The molecule has 2 aliphatic rings. The van der Waals surface area contributed by atoms with Crippen molar-refractivity contribution in [3.63, 3.8) is 0 Å². The minimum atomic E-state index is -3.54. The Kier molecular flexibility index (Phi) is 7.99. The number of rotatable bonds is 8. The lowest BCUT2D eigenvalue weighted by Gasteiger charge is -2.25. The highest BCUT2D eigenvalue weighted by molar-refractivity contribution is 8.01. The topological polar surface area (TPSA) is 121 Å². The summed E-state index contributed by atoms with van der Waals surface area (Å²) in [5, 5.41) is 14.0. The Morgan fingerprint density at radius 3 is 2.42 bits per heavy atom. The zero-order chi connectivity index (χ0) is 23.3. The lowest BCUT2D eigenvalue weighted by atomic mass is 10.2. The first-order valence-electron chi connectivity index (χ1n) is 11.1. The van der Waals surface area contributed by atoms with Gasteiger partial charge in [0.1, 0.15) is 0 Å². The van der Waals surface area contributed by atoms with Gasteiger partial charge in [-0.3, -0.25) is 14.9 Å². The number of thioether (sulfide) groups is 1. The first-order valence-corrected chi connectivity index (χ1v) is 14.3. The van der Waals surface area contributed by atoms with Crippen LogP contribution in [0.25, 0.3) is 0 Å². The Bertz CT molecular complexity index is 1080. The second kappa shape index (κ2) is 10.9. The van der Waals surface area contributed by atoms with Crippen LogP contribution in [0.5, 0.6) is 0 Å². The minimum absolute atomic E-state index is 0.0210. The number of sulfonamides is 1. The van der Waals surface area contributed by atoms with Crippen LogP contribution < -0.4 is 10.6 Å². The highest BCUT2D eigenvalue weighted by Crippen LogP contribution is 2.26. The number of hydrogen-bond acceptors (Lipinski definition) is 8. The van der Waals surface area contributed by atoms with Crippen molar-refractivity contribution in [2.24, 2.45) is 0 Å². The van der Waals surface area contributed by atoms with E-state index in [2.05, 4.69) is 20.8 Å². The SMILES string of the molecule is O=C(CSc1nnc(NC(=O)c2ccc(S(=O)(=O)N3CCCCC3)cc2)s1)NC1CCCC1. The van der Waals surface area contributed by atoms with Crippen molar-refractivity contribution in [2.45, 2.75) is 60.2 Å². The number of piperidine rings is 1. The molecule has 1 aromatic heterocycles. The Hall–Kier alpha value is -2.02. The summed E-state index contributed by atoms with van der Waals surface area (Å²) in [4.78, 5) is 24.8. The van der Waals surface area contributed by atoms with Crippen LogP contribution in [0, 0.1) is 0 Å². The lowest BCUT2D eigenvalue weighted by molar-refractivity contribution is -0.119. The molecule has 33 heavy (non-hydrogen) atoms. The maximum absolute atomic E-state index is 12.7. The zero-order valence-corrected chi connectivity index (χ0v) is 20.6. The van der Waals surface area contributed by atoms with Gasteiger partial charge in [-0.25, -0.2) is 8.42 Å². The summed E-state index contributed by atoms with van der Waals surface area (Å²) in [6.07, 6.45) is 7.18. The predicted molar refractivity (Wildman–Crippen MR) is 128 cm³/mol. The van der Waals surface area contributed by atoms with Crippen molar-refractivity contribution < 1.29 is 18.0 Å². The van der Waals surface area contributed by atoms with Crippen LogP contribution in [0.15, 0.2) is 33.5 Å². The van der Waals surface area contributed by atoms with E-state index in [9.17, 15) is 18.0 Å². The molecular weight excluding hydrogens is 482 g/mol. The number of carbonyl (C=O) groups excluding carboxylic acids is 2. The number of aromatic nitrogens is 2. The van der Waals surface area contributed by atoms with Crippen LogP contribution in [0.3, 0.4) is 0 Å². The summed E-state index contributed by atoms with van der Waals surface area (Å²) in [5.74, 6) is -0.164. The molecule has 1 aromatic carbocycles. The molecule has 1 aliphatic carbocycles. The van der Waals surface area contributed by atoms with E-state index in [0.29, 0.717) is 28.1 Å². The maximum Gasteiger partial charge on any atom is 0.257 e. The van der Waals surface area contributed by atoms with Crippen molar-refractivity contribution in [3.8, 4) is 0 Å². The van der Waals surface area contributed by atoms with Crippen molar-refractivity contribution in [3.05, 3.63) is 29.8 Å². The molecule has 2 amide bonds. The molecule has 2 N–H and O–H groups in total. The molecule has 0 spiro atoms. The summed E-state index contributed by atoms with van der Waals surface area (Å²) in [5.41, 5.74) is 0.327. The van der Waals surface area contributed by atoms with Gasteiger partial charge < -0.3 is 5.32 Å². The third kappa shape index (κ3) is 6.31. The van der Waals surface area contributed by atoms with E-state index in [1.807, 2.05) is 0 Å². The standard InChI is InChI=1S/C21H27N5O4S3/c27-18(22-16-6-2-3-7-16)14-31-21-25-24-20(32-21)23-19(28)15-8-10-17(11-9-15)33(29,30)26-12-4-1-5-13-26/h8-11,16H,1-7,12-14H2,(H,22,27)(H,23,24,28). The average molecular weight is 510 g/mol. The van der Waals surface area contributed by atoms with E-state index in [0.717, 1.165) is 44.9 Å². The Labute approximate surface area is 201 Å². The first-order chi connectivity index (χ1) is 15.9. The molecule has 2 aromatic rings. The van der Waals surface area contributed by atoms with Gasteiger partial charge in [-0.2, -0.15) is 4.31 Å². The molecule has 0 bridgehead atoms. The number of nitrogens with one attached hydrogen (secondary N) is 2. The summed E-state index contributed by atoms with van der Waals surface area (Å²) < 4.78 is 27.6. The van der Waals surface area contributed by atoms with E-state index >= 15 is 0 Å². The molecule has 2 fully saturated rings.